The standard InChI is InChI=1S/C26H20N4O/c1-18-24(29-26-27-17-16-23(28-26)21-10-6-3-7-11-21)25(31-30-18)22-14-12-20(13-15-22)19-8-4-2-5-9-19/h2-17H,1H3,(H,27,28,29). The molecule has 2 aromatic heterocycles. The fourth-order valence-electron chi connectivity index (χ4n) is 3.46. The summed E-state index contributed by atoms with van der Waals surface area (Å²) in [6.07, 6.45) is 1.74. The van der Waals surface area contributed by atoms with Crippen LogP contribution in [0.4, 0.5) is 11.6 Å². The highest BCUT2D eigenvalue weighted by Crippen LogP contribution is 2.34. The van der Waals surface area contributed by atoms with Crippen molar-refractivity contribution in [2.45, 2.75) is 6.92 Å². The third-order valence-corrected chi connectivity index (χ3v) is 5.08. The van der Waals surface area contributed by atoms with Gasteiger partial charge in [0, 0.05) is 17.3 Å². The Morgan fingerprint density at radius 2 is 1.29 bits per heavy atom. The summed E-state index contributed by atoms with van der Waals surface area (Å²) in [5, 5.41) is 7.45. The van der Waals surface area contributed by atoms with E-state index in [1.54, 1.807) is 6.20 Å². The Balaban J connectivity index is 1.45. The number of benzene rings is 3. The number of anilines is 2. The van der Waals surface area contributed by atoms with Crippen molar-refractivity contribution in [2.75, 3.05) is 5.32 Å². The monoisotopic (exact) mass is 404 g/mol. The van der Waals surface area contributed by atoms with Gasteiger partial charge in [-0.05, 0) is 24.1 Å². The second kappa shape index (κ2) is 8.24. The predicted molar refractivity (Wildman–Crippen MR) is 123 cm³/mol. The summed E-state index contributed by atoms with van der Waals surface area (Å²) in [5.41, 5.74) is 6.64. The molecule has 0 radical (unpaired) electrons. The summed E-state index contributed by atoms with van der Waals surface area (Å²) < 4.78 is 5.65. The van der Waals surface area contributed by atoms with Crippen LogP contribution < -0.4 is 5.32 Å². The van der Waals surface area contributed by atoms with E-state index in [0.29, 0.717) is 11.7 Å². The minimum Gasteiger partial charge on any atom is -0.354 e. The van der Waals surface area contributed by atoms with Gasteiger partial charge in [-0.2, -0.15) is 0 Å². The zero-order valence-electron chi connectivity index (χ0n) is 17.0. The highest BCUT2D eigenvalue weighted by molar-refractivity contribution is 5.78. The van der Waals surface area contributed by atoms with Crippen molar-refractivity contribution in [2.24, 2.45) is 0 Å². The van der Waals surface area contributed by atoms with Crippen LogP contribution >= 0.6 is 0 Å². The Bertz CT molecular complexity index is 1300. The average molecular weight is 404 g/mol. The van der Waals surface area contributed by atoms with Crippen LogP contribution in [0.25, 0.3) is 33.7 Å². The van der Waals surface area contributed by atoms with Gasteiger partial charge in [-0.15, -0.1) is 0 Å². The topological polar surface area (TPSA) is 63.8 Å². The van der Waals surface area contributed by atoms with E-state index in [-0.39, 0.29) is 0 Å². The lowest BCUT2D eigenvalue weighted by atomic mass is 10.0. The van der Waals surface area contributed by atoms with Gasteiger partial charge in [0.05, 0.1) is 5.69 Å². The molecular weight excluding hydrogens is 384 g/mol. The molecule has 0 aliphatic heterocycles. The minimum atomic E-state index is 0.495. The van der Waals surface area contributed by atoms with Crippen LogP contribution in [0.2, 0.25) is 0 Å². The summed E-state index contributed by atoms with van der Waals surface area (Å²) in [6.45, 7) is 1.90. The first kappa shape index (κ1) is 18.8. The number of nitrogens with zero attached hydrogens (tertiary/aromatic N) is 3. The molecule has 5 rings (SSSR count). The van der Waals surface area contributed by atoms with Crippen molar-refractivity contribution in [1.29, 1.82) is 0 Å². The highest BCUT2D eigenvalue weighted by Gasteiger charge is 2.17. The number of rotatable bonds is 5. The zero-order chi connectivity index (χ0) is 21.0. The van der Waals surface area contributed by atoms with E-state index in [2.05, 4.69) is 44.7 Å². The molecule has 0 amide bonds. The smallest absolute Gasteiger partial charge is 0.227 e. The van der Waals surface area contributed by atoms with Gasteiger partial charge in [0.1, 0.15) is 11.4 Å². The van der Waals surface area contributed by atoms with Crippen LogP contribution in [0.1, 0.15) is 5.69 Å². The molecule has 1 N–H and O–H groups in total. The van der Waals surface area contributed by atoms with Crippen LogP contribution in [0.15, 0.2) is 102 Å². The van der Waals surface area contributed by atoms with E-state index >= 15 is 0 Å². The van der Waals surface area contributed by atoms with Crippen molar-refractivity contribution in [3.05, 3.63) is 103 Å². The van der Waals surface area contributed by atoms with Gasteiger partial charge in [-0.1, -0.05) is 90.1 Å². The van der Waals surface area contributed by atoms with Crippen LogP contribution in [0.3, 0.4) is 0 Å². The van der Waals surface area contributed by atoms with Gasteiger partial charge >= 0.3 is 0 Å². The molecule has 0 spiro atoms. The number of hydrogen-bond acceptors (Lipinski definition) is 5. The molecule has 0 unspecified atom stereocenters. The van der Waals surface area contributed by atoms with Crippen molar-refractivity contribution < 1.29 is 4.52 Å². The first-order valence-electron chi connectivity index (χ1n) is 10.1. The molecule has 2 heterocycles. The molecule has 0 aliphatic rings. The predicted octanol–water partition coefficient (Wildman–Crippen LogP) is 6.52. The van der Waals surface area contributed by atoms with Crippen LogP contribution in [-0.4, -0.2) is 15.1 Å². The fourth-order valence-corrected chi connectivity index (χ4v) is 3.46. The molecule has 0 aliphatic carbocycles. The maximum Gasteiger partial charge on any atom is 0.227 e. The van der Waals surface area contributed by atoms with Gasteiger partial charge in [0.2, 0.25) is 5.95 Å². The van der Waals surface area contributed by atoms with E-state index in [1.165, 1.54) is 5.56 Å². The molecule has 31 heavy (non-hydrogen) atoms. The van der Waals surface area contributed by atoms with Gasteiger partial charge in [-0.3, -0.25) is 0 Å². The number of aryl methyl sites for hydroxylation is 1. The first-order chi connectivity index (χ1) is 15.3. The molecule has 5 heteroatoms. The average Bonchev–Trinajstić information content (AvgIpc) is 3.20. The lowest BCUT2D eigenvalue weighted by molar-refractivity contribution is 0.427. The Hall–Kier alpha value is -4.25. The van der Waals surface area contributed by atoms with E-state index in [4.69, 9.17) is 4.52 Å². The summed E-state index contributed by atoms with van der Waals surface area (Å²) in [6, 6.07) is 30.4. The molecule has 5 aromatic rings. The molecule has 0 saturated heterocycles. The van der Waals surface area contributed by atoms with Gasteiger partial charge in [0.25, 0.3) is 0 Å². The molecule has 0 bridgehead atoms. The number of aromatic nitrogens is 3. The third-order valence-electron chi connectivity index (χ3n) is 5.08. The summed E-state index contributed by atoms with van der Waals surface area (Å²) >= 11 is 0. The van der Waals surface area contributed by atoms with Crippen LogP contribution in [-0.2, 0) is 0 Å². The lowest BCUT2D eigenvalue weighted by Gasteiger charge is -2.08. The molecule has 5 nitrogen and oxygen atoms in total. The second-order valence-electron chi connectivity index (χ2n) is 7.17. The normalized spacial score (nSPS) is 10.7. The summed E-state index contributed by atoms with van der Waals surface area (Å²) in [7, 11) is 0. The zero-order valence-corrected chi connectivity index (χ0v) is 17.0. The Morgan fingerprint density at radius 3 is 2.00 bits per heavy atom. The molecule has 0 fully saturated rings. The Labute approximate surface area is 180 Å². The fraction of sp³-hybridized carbons (Fsp3) is 0.0385. The van der Waals surface area contributed by atoms with E-state index in [0.717, 1.165) is 33.8 Å². The van der Waals surface area contributed by atoms with E-state index in [1.807, 2.05) is 73.7 Å². The van der Waals surface area contributed by atoms with Crippen molar-refractivity contribution in [3.8, 4) is 33.7 Å². The van der Waals surface area contributed by atoms with Gasteiger partial charge in [-0.25, -0.2) is 9.97 Å². The molecule has 0 atom stereocenters. The largest absolute Gasteiger partial charge is 0.354 e. The second-order valence-corrected chi connectivity index (χ2v) is 7.17. The third kappa shape index (κ3) is 3.94. The SMILES string of the molecule is Cc1noc(-c2ccc(-c3ccccc3)cc2)c1Nc1nccc(-c2ccccc2)n1. The highest BCUT2D eigenvalue weighted by atomic mass is 16.5. The molecule has 0 saturated carbocycles. The molecule has 150 valence electrons. The molecular formula is C26H20N4O. The minimum absolute atomic E-state index is 0.495. The van der Waals surface area contributed by atoms with Gasteiger partial charge in [0.15, 0.2) is 5.76 Å². The van der Waals surface area contributed by atoms with Crippen LogP contribution in [0, 0.1) is 6.92 Å². The number of nitrogens with one attached hydrogen (secondary N) is 1. The van der Waals surface area contributed by atoms with Gasteiger partial charge < -0.3 is 9.84 Å². The maximum atomic E-state index is 5.65. The summed E-state index contributed by atoms with van der Waals surface area (Å²) in [4.78, 5) is 9.03. The van der Waals surface area contributed by atoms with Crippen molar-refractivity contribution in [1.82, 2.24) is 15.1 Å². The number of hydrogen-bond donors (Lipinski definition) is 1. The lowest BCUT2D eigenvalue weighted by Crippen LogP contribution is -1.99. The van der Waals surface area contributed by atoms with E-state index in [9.17, 15) is 0 Å². The van der Waals surface area contributed by atoms with Crippen molar-refractivity contribution in [3.63, 3.8) is 0 Å². The quantitative estimate of drug-likeness (QED) is 0.361. The van der Waals surface area contributed by atoms with Crippen molar-refractivity contribution >= 4 is 11.6 Å². The van der Waals surface area contributed by atoms with Crippen LogP contribution in [0.5, 0.6) is 0 Å². The Kier molecular flexibility index (Phi) is 4.99. The Morgan fingerprint density at radius 1 is 0.677 bits per heavy atom. The first-order valence-corrected chi connectivity index (χ1v) is 10.1. The molecule has 3 aromatic carbocycles. The maximum absolute atomic E-state index is 5.65. The summed E-state index contributed by atoms with van der Waals surface area (Å²) in [5.74, 6) is 1.15. The van der Waals surface area contributed by atoms with E-state index < -0.39 is 0 Å².